The zero-order valence-corrected chi connectivity index (χ0v) is 17.8. The molecule has 27 heavy (non-hydrogen) atoms. The van der Waals surface area contributed by atoms with Crippen LogP contribution in [0.2, 0.25) is 0 Å². The van der Waals surface area contributed by atoms with E-state index in [-0.39, 0.29) is 6.10 Å². The highest BCUT2D eigenvalue weighted by molar-refractivity contribution is 5.46. The van der Waals surface area contributed by atoms with Crippen molar-refractivity contribution < 1.29 is 9.47 Å². The fourth-order valence-electron chi connectivity index (χ4n) is 4.43. The molecule has 1 aromatic rings. The largest absolute Gasteiger partial charge is 0.493 e. The van der Waals surface area contributed by atoms with E-state index in [0.717, 1.165) is 37.6 Å². The Kier molecular flexibility index (Phi) is 6.66. The third-order valence-electron chi connectivity index (χ3n) is 6.55. The quantitative estimate of drug-likeness (QED) is 0.762. The van der Waals surface area contributed by atoms with Gasteiger partial charge in [0.25, 0.3) is 0 Å². The van der Waals surface area contributed by atoms with Crippen molar-refractivity contribution in [1.29, 1.82) is 0 Å². The molecule has 3 rings (SSSR count). The van der Waals surface area contributed by atoms with E-state index in [1.54, 1.807) is 7.11 Å². The first-order chi connectivity index (χ1) is 13.0. The number of piperazine rings is 1. The van der Waals surface area contributed by atoms with Crippen LogP contribution in [0.25, 0.3) is 0 Å². The molecule has 5 heteroatoms. The van der Waals surface area contributed by atoms with E-state index in [9.17, 15) is 0 Å². The highest BCUT2D eigenvalue weighted by Gasteiger charge is 2.41. The summed E-state index contributed by atoms with van der Waals surface area (Å²) >= 11 is 0. The summed E-state index contributed by atoms with van der Waals surface area (Å²) in [4.78, 5) is 7.68. The number of likely N-dealkylation sites (N-methyl/N-ethyl adjacent to an activating group) is 2. The summed E-state index contributed by atoms with van der Waals surface area (Å²) in [5.74, 6) is 1.76. The number of ether oxygens (including phenoxy) is 2. The summed E-state index contributed by atoms with van der Waals surface area (Å²) in [6, 6.07) is 6.26. The molecule has 1 aromatic carbocycles. The maximum Gasteiger partial charge on any atom is 0.166 e. The Bertz CT molecular complexity index is 614. The standard InChI is InChI=1S/C22H37N3O2/c1-6-18(2)27-21-19(8-7-9-20(21)26-5)16-25-12-10-22(11-13-25)17-23(3)14-15-24(22)4/h7-9,18H,6,10-17H2,1-5H3/t18-/m0/s1. The molecular weight excluding hydrogens is 338 g/mol. The fraction of sp³-hybridized carbons (Fsp3) is 0.727. The molecule has 2 aliphatic heterocycles. The van der Waals surface area contributed by atoms with E-state index in [1.807, 2.05) is 6.07 Å². The fourth-order valence-corrected chi connectivity index (χ4v) is 4.43. The van der Waals surface area contributed by atoms with Gasteiger partial charge in [-0.05, 0) is 46.3 Å². The van der Waals surface area contributed by atoms with Crippen molar-refractivity contribution >= 4 is 0 Å². The van der Waals surface area contributed by atoms with Gasteiger partial charge in [-0.25, -0.2) is 0 Å². The Morgan fingerprint density at radius 3 is 2.52 bits per heavy atom. The predicted octanol–water partition coefficient (Wildman–Crippen LogP) is 3.08. The van der Waals surface area contributed by atoms with Crippen LogP contribution in [0.1, 0.15) is 38.7 Å². The van der Waals surface area contributed by atoms with Crippen molar-refractivity contribution in [1.82, 2.24) is 14.7 Å². The third kappa shape index (κ3) is 4.58. The second-order valence-electron chi connectivity index (χ2n) is 8.45. The maximum absolute atomic E-state index is 6.23. The third-order valence-corrected chi connectivity index (χ3v) is 6.55. The minimum absolute atomic E-state index is 0.191. The van der Waals surface area contributed by atoms with E-state index in [0.29, 0.717) is 5.54 Å². The van der Waals surface area contributed by atoms with Crippen molar-refractivity contribution in [3.8, 4) is 11.5 Å². The number of para-hydroxylation sites is 1. The topological polar surface area (TPSA) is 28.2 Å². The SMILES string of the molecule is CC[C@H](C)Oc1c(CN2CCC3(CC2)CN(C)CCN3C)cccc1OC. The van der Waals surface area contributed by atoms with E-state index >= 15 is 0 Å². The second kappa shape index (κ2) is 8.80. The van der Waals surface area contributed by atoms with Gasteiger partial charge in [-0.1, -0.05) is 19.1 Å². The van der Waals surface area contributed by atoms with Crippen LogP contribution in [0.5, 0.6) is 11.5 Å². The van der Waals surface area contributed by atoms with Gasteiger partial charge in [-0.2, -0.15) is 0 Å². The minimum atomic E-state index is 0.191. The minimum Gasteiger partial charge on any atom is -0.493 e. The smallest absolute Gasteiger partial charge is 0.166 e. The van der Waals surface area contributed by atoms with Crippen LogP contribution in [0.15, 0.2) is 18.2 Å². The first-order valence-electron chi connectivity index (χ1n) is 10.4. The highest BCUT2D eigenvalue weighted by Crippen LogP contribution is 2.35. The van der Waals surface area contributed by atoms with Crippen molar-refractivity contribution in [2.24, 2.45) is 0 Å². The number of piperidine rings is 1. The van der Waals surface area contributed by atoms with Gasteiger partial charge in [-0.3, -0.25) is 9.80 Å². The van der Waals surface area contributed by atoms with Gasteiger partial charge in [0.05, 0.1) is 13.2 Å². The monoisotopic (exact) mass is 375 g/mol. The lowest BCUT2D eigenvalue weighted by Crippen LogP contribution is -2.63. The number of hydrogen-bond donors (Lipinski definition) is 0. The Morgan fingerprint density at radius 1 is 1.11 bits per heavy atom. The molecule has 0 bridgehead atoms. The molecule has 0 saturated carbocycles. The second-order valence-corrected chi connectivity index (χ2v) is 8.45. The first kappa shape index (κ1) is 20.4. The number of nitrogens with zero attached hydrogens (tertiary/aromatic N) is 3. The van der Waals surface area contributed by atoms with E-state index in [2.05, 4.69) is 54.8 Å². The number of rotatable bonds is 6. The van der Waals surface area contributed by atoms with Crippen LogP contribution < -0.4 is 9.47 Å². The number of methoxy groups -OCH3 is 1. The zero-order chi connectivity index (χ0) is 19.4. The molecule has 0 amide bonds. The molecule has 2 saturated heterocycles. The molecule has 152 valence electrons. The lowest BCUT2D eigenvalue weighted by atomic mass is 9.83. The van der Waals surface area contributed by atoms with Gasteiger partial charge < -0.3 is 14.4 Å². The average Bonchev–Trinajstić information content (AvgIpc) is 2.68. The van der Waals surface area contributed by atoms with Crippen LogP contribution in [-0.2, 0) is 6.54 Å². The van der Waals surface area contributed by atoms with Gasteiger partial charge in [0.1, 0.15) is 0 Å². The molecule has 0 aromatic heterocycles. The molecule has 2 fully saturated rings. The molecule has 1 atom stereocenters. The molecule has 1 spiro atoms. The summed E-state index contributed by atoms with van der Waals surface area (Å²) in [6.45, 7) is 11.0. The molecule has 0 unspecified atom stereocenters. The molecule has 5 nitrogen and oxygen atoms in total. The van der Waals surface area contributed by atoms with Gasteiger partial charge in [0.2, 0.25) is 0 Å². The summed E-state index contributed by atoms with van der Waals surface area (Å²) in [6.07, 6.45) is 3.65. The van der Waals surface area contributed by atoms with E-state index < -0.39 is 0 Å². The number of hydrogen-bond acceptors (Lipinski definition) is 5. The molecule has 0 N–H and O–H groups in total. The molecule has 2 aliphatic rings. The van der Waals surface area contributed by atoms with Crippen LogP contribution in [0.4, 0.5) is 0 Å². The van der Waals surface area contributed by atoms with Gasteiger partial charge in [0.15, 0.2) is 11.5 Å². The predicted molar refractivity (Wildman–Crippen MR) is 111 cm³/mol. The van der Waals surface area contributed by atoms with Crippen molar-refractivity contribution in [3.63, 3.8) is 0 Å². The average molecular weight is 376 g/mol. The summed E-state index contributed by atoms with van der Waals surface area (Å²) in [7, 11) is 6.29. The van der Waals surface area contributed by atoms with Crippen molar-refractivity contribution in [2.75, 3.05) is 53.9 Å². The van der Waals surface area contributed by atoms with Crippen LogP contribution in [0, 0.1) is 0 Å². The van der Waals surface area contributed by atoms with Gasteiger partial charge in [-0.15, -0.1) is 0 Å². The lowest BCUT2D eigenvalue weighted by Gasteiger charge is -2.52. The van der Waals surface area contributed by atoms with Gasteiger partial charge in [0, 0.05) is 50.4 Å². The lowest BCUT2D eigenvalue weighted by molar-refractivity contribution is -0.0206. The normalized spacial score (nSPS) is 22.7. The van der Waals surface area contributed by atoms with E-state index in [1.165, 1.54) is 38.0 Å². The zero-order valence-electron chi connectivity index (χ0n) is 17.8. The van der Waals surface area contributed by atoms with Crippen molar-refractivity contribution in [3.05, 3.63) is 23.8 Å². The number of benzene rings is 1. The van der Waals surface area contributed by atoms with Crippen LogP contribution >= 0.6 is 0 Å². The summed E-state index contributed by atoms with van der Waals surface area (Å²) in [5.41, 5.74) is 1.59. The summed E-state index contributed by atoms with van der Waals surface area (Å²) < 4.78 is 11.8. The highest BCUT2D eigenvalue weighted by atomic mass is 16.5. The summed E-state index contributed by atoms with van der Waals surface area (Å²) in [5, 5.41) is 0. The van der Waals surface area contributed by atoms with Crippen molar-refractivity contribution in [2.45, 2.75) is 51.3 Å². The molecule has 0 radical (unpaired) electrons. The molecule has 0 aliphatic carbocycles. The Morgan fingerprint density at radius 2 is 1.85 bits per heavy atom. The van der Waals surface area contributed by atoms with Gasteiger partial charge >= 0.3 is 0 Å². The van der Waals surface area contributed by atoms with Crippen LogP contribution in [0.3, 0.4) is 0 Å². The molecular formula is C22H37N3O2. The number of likely N-dealkylation sites (tertiary alicyclic amines) is 1. The first-order valence-corrected chi connectivity index (χ1v) is 10.4. The Hall–Kier alpha value is -1.30. The maximum atomic E-state index is 6.23. The molecule has 2 heterocycles. The Labute approximate surface area is 165 Å². The van der Waals surface area contributed by atoms with E-state index in [4.69, 9.17) is 9.47 Å². The van der Waals surface area contributed by atoms with Crippen LogP contribution in [-0.4, -0.2) is 80.3 Å². The Balaban J connectivity index is 1.68.